The molecule has 0 aliphatic heterocycles. The van der Waals surface area contributed by atoms with Crippen LogP contribution in [0.2, 0.25) is 0 Å². The fourth-order valence-corrected chi connectivity index (χ4v) is 2.10. The Balaban J connectivity index is 0.00000312. The van der Waals surface area contributed by atoms with Gasteiger partial charge in [-0.2, -0.15) is 5.10 Å². The molecule has 7 nitrogen and oxygen atoms in total. The van der Waals surface area contributed by atoms with Crippen LogP contribution in [0, 0.1) is 0 Å². The average Bonchev–Trinajstić information content (AvgIpc) is 3.01. The predicted molar refractivity (Wildman–Crippen MR) is 110 cm³/mol. The topological polar surface area (TPSA) is 76.4 Å². The molecule has 8 heteroatoms. The maximum absolute atomic E-state index is 5.68. The molecule has 0 bridgehead atoms. The van der Waals surface area contributed by atoms with Crippen molar-refractivity contribution >= 4 is 29.9 Å². The van der Waals surface area contributed by atoms with Gasteiger partial charge in [0.05, 0.1) is 6.61 Å². The Morgan fingerprint density at radius 1 is 1.20 bits per heavy atom. The van der Waals surface area contributed by atoms with E-state index in [0.29, 0.717) is 6.54 Å². The molecule has 1 aromatic carbocycles. The molecule has 2 rings (SSSR count). The molecule has 0 amide bonds. The number of guanidine groups is 1. The summed E-state index contributed by atoms with van der Waals surface area (Å²) in [5, 5.41) is 10.6. The van der Waals surface area contributed by atoms with Gasteiger partial charge in [-0.1, -0.05) is 18.2 Å². The first-order valence-corrected chi connectivity index (χ1v) is 8.32. The predicted octanol–water partition coefficient (Wildman–Crippen LogP) is 2.35. The molecule has 0 fully saturated rings. The molecule has 138 valence electrons. The number of halogens is 1. The second-order valence-corrected chi connectivity index (χ2v) is 5.29. The summed E-state index contributed by atoms with van der Waals surface area (Å²) in [7, 11) is 1.87. The normalized spacial score (nSPS) is 10.9. The summed E-state index contributed by atoms with van der Waals surface area (Å²) in [6, 6.07) is 9.89. The number of hydrogen-bond donors (Lipinski definition) is 2. The van der Waals surface area contributed by atoms with Crippen LogP contribution in [0.5, 0.6) is 5.75 Å². The third-order valence-corrected chi connectivity index (χ3v) is 3.40. The molecule has 2 N–H and O–H groups in total. The lowest BCUT2D eigenvalue weighted by Crippen LogP contribution is -2.37. The maximum Gasteiger partial charge on any atom is 0.191 e. The molecular weight excluding hydrogens is 431 g/mol. The quantitative estimate of drug-likeness (QED) is 0.261. The van der Waals surface area contributed by atoms with Crippen LogP contribution in [0.4, 0.5) is 0 Å². The van der Waals surface area contributed by atoms with Crippen LogP contribution in [-0.4, -0.2) is 40.4 Å². The van der Waals surface area contributed by atoms with E-state index in [1.165, 1.54) is 6.33 Å². The Hall–Kier alpha value is -1.84. The van der Waals surface area contributed by atoms with Gasteiger partial charge < -0.3 is 15.4 Å². The number of aliphatic imine (C=N–C) groups is 1. The summed E-state index contributed by atoms with van der Waals surface area (Å²) in [5.41, 5.74) is 0. The molecule has 0 atom stereocenters. The number of rotatable bonds is 9. The zero-order chi connectivity index (χ0) is 17.0. The van der Waals surface area contributed by atoms with E-state index in [0.717, 1.165) is 50.1 Å². The maximum atomic E-state index is 5.68. The van der Waals surface area contributed by atoms with Crippen molar-refractivity contribution in [1.29, 1.82) is 0 Å². The Labute approximate surface area is 166 Å². The Bertz CT molecular complexity index is 617. The molecule has 0 saturated carbocycles. The van der Waals surface area contributed by atoms with Gasteiger partial charge in [-0.05, 0) is 31.9 Å². The number of unbranched alkanes of at least 4 members (excludes halogenated alkanes) is 1. The lowest BCUT2D eigenvalue weighted by atomic mass is 10.3. The molecule has 0 saturated heterocycles. The second kappa shape index (κ2) is 12.5. The average molecular weight is 458 g/mol. The number of benzene rings is 1. The van der Waals surface area contributed by atoms with Crippen molar-refractivity contribution in [2.45, 2.75) is 26.3 Å². The second-order valence-electron chi connectivity index (χ2n) is 5.29. The lowest BCUT2D eigenvalue weighted by molar-refractivity contribution is 0.307. The van der Waals surface area contributed by atoms with Crippen molar-refractivity contribution in [3.05, 3.63) is 42.5 Å². The van der Waals surface area contributed by atoms with Crippen LogP contribution < -0.4 is 15.4 Å². The smallest absolute Gasteiger partial charge is 0.191 e. The lowest BCUT2D eigenvalue weighted by Gasteiger charge is -2.11. The van der Waals surface area contributed by atoms with Crippen LogP contribution in [0.3, 0.4) is 0 Å². The number of para-hydroxylation sites is 1. The molecule has 25 heavy (non-hydrogen) atoms. The molecule has 0 aliphatic carbocycles. The third-order valence-electron chi connectivity index (χ3n) is 3.40. The van der Waals surface area contributed by atoms with Crippen LogP contribution in [0.1, 0.15) is 25.6 Å². The van der Waals surface area contributed by atoms with Gasteiger partial charge in [0.25, 0.3) is 0 Å². The highest BCUT2D eigenvalue weighted by molar-refractivity contribution is 14.0. The van der Waals surface area contributed by atoms with E-state index in [2.05, 4.69) is 25.7 Å². The minimum absolute atomic E-state index is 0. The van der Waals surface area contributed by atoms with Crippen LogP contribution in [0.25, 0.3) is 0 Å². The van der Waals surface area contributed by atoms with Gasteiger partial charge in [-0.3, -0.25) is 4.68 Å². The molecule has 0 unspecified atom stereocenters. The minimum Gasteiger partial charge on any atom is -0.494 e. The zero-order valence-electron chi connectivity index (χ0n) is 14.8. The highest BCUT2D eigenvalue weighted by Crippen LogP contribution is 2.08. The standard InChI is InChI=1S/C17H26N6O.HI/c1-3-18-17(20-13-16-21-14-22-23(16)2)19-11-7-8-12-24-15-9-5-4-6-10-15;/h4-6,9-10,14H,3,7-8,11-13H2,1-2H3,(H2,18,19,20);1H. The molecule has 1 heterocycles. The van der Waals surface area contributed by atoms with Crippen LogP contribution in [-0.2, 0) is 13.6 Å². The number of ether oxygens (including phenoxy) is 1. The van der Waals surface area contributed by atoms with E-state index in [1.54, 1.807) is 4.68 Å². The largest absolute Gasteiger partial charge is 0.494 e. The van der Waals surface area contributed by atoms with E-state index in [-0.39, 0.29) is 24.0 Å². The molecule has 2 aromatic rings. The number of nitrogens with one attached hydrogen (secondary N) is 2. The highest BCUT2D eigenvalue weighted by Gasteiger charge is 2.01. The first-order valence-electron chi connectivity index (χ1n) is 8.32. The highest BCUT2D eigenvalue weighted by atomic mass is 127. The van der Waals surface area contributed by atoms with Crippen molar-refractivity contribution < 1.29 is 4.74 Å². The fourth-order valence-electron chi connectivity index (χ4n) is 2.10. The van der Waals surface area contributed by atoms with Crippen LogP contribution >= 0.6 is 24.0 Å². The number of hydrogen-bond acceptors (Lipinski definition) is 4. The first-order chi connectivity index (χ1) is 11.8. The fraction of sp³-hybridized carbons (Fsp3) is 0.471. The summed E-state index contributed by atoms with van der Waals surface area (Å²) in [6.07, 6.45) is 3.55. The van der Waals surface area contributed by atoms with Crippen molar-refractivity contribution in [2.24, 2.45) is 12.0 Å². The number of aromatic nitrogens is 3. The van der Waals surface area contributed by atoms with Crippen molar-refractivity contribution in [1.82, 2.24) is 25.4 Å². The van der Waals surface area contributed by atoms with Gasteiger partial charge in [0.2, 0.25) is 0 Å². The van der Waals surface area contributed by atoms with Crippen molar-refractivity contribution in [2.75, 3.05) is 19.7 Å². The summed E-state index contributed by atoms with van der Waals surface area (Å²) in [4.78, 5) is 8.69. The summed E-state index contributed by atoms with van der Waals surface area (Å²) in [6.45, 7) is 4.94. The SMILES string of the molecule is CCNC(=NCc1ncnn1C)NCCCCOc1ccccc1.I. The Morgan fingerprint density at radius 2 is 2.00 bits per heavy atom. The third kappa shape index (κ3) is 8.19. The van der Waals surface area contributed by atoms with Gasteiger partial charge in [0, 0.05) is 20.1 Å². The molecule has 0 spiro atoms. The minimum atomic E-state index is 0. The van der Waals surface area contributed by atoms with Crippen molar-refractivity contribution in [3.8, 4) is 5.75 Å². The Morgan fingerprint density at radius 3 is 2.68 bits per heavy atom. The monoisotopic (exact) mass is 458 g/mol. The number of nitrogens with zero attached hydrogens (tertiary/aromatic N) is 4. The number of aryl methyl sites for hydroxylation is 1. The van der Waals surface area contributed by atoms with E-state index in [1.807, 2.05) is 44.3 Å². The van der Waals surface area contributed by atoms with E-state index >= 15 is 0 Å². The summed E-state index contributed by atoms with van der Waals surface area (Å²) in [5.74, 6) is 2.55. The molecular formula is C17H27IN6O. The van der Waals surface area contributed by atoms with Crippen LogP contribution in [0.15, 0.2) is 41.7 Å². The van der Waals surface area contributed by atoms with E-state index < -0.39 is 0 Å². The van der Waals surface area contributed by atoms with Gasteiger partial charge in [-0.15, -0.1) is 24.0 Å². The van der Waals surface area contributed by atoms with Gasteiger partial charge in [-0.25, -0.2) is 9.98 Å². The van der Waals surface area contributed by atoms with Crippen molar-refractivity contribution in [3.63, 3.8) is 0 Å². The molecule has 0 aliphatic rings. The first kappa shape index (κ1) is 21.2. The van der Waals surface area contributed by atoms with Gasteiger partial charge in [0.1, 0.15) is 24.4 Å². The Kier molecular flexibility index (Phi) is 10.6. The van der Waals surface area contributed by atoms with Gasteiger partial charge >= 0.3 is 0 Å². The molecule has 1 aromatic heterocycles. The van der Waals surface area contributed by atoms with Gasteiger partial charge in [0.15, 0.2) is 5.96 Å². The van der Waals surface area contributed by atoms with E-state index in [4.69, 9.17) is 4.74 Å². The summed E-state index contributed by atoms with van der Waals surface area (Å²) < 4.78 is 7.41. The molecule has 0 radical (unpaired) electrons. The van der Waals surface area contributed by atoms with E-state index in [9.17, 15) is 0 Å². The zero-order valence-corrected chi connectivity index (χ0v) is 17.1. The summed E-state index contributed by atoms with van der Waals surface area (Å²) >= 11 is 0.